The van der Waals surface area contributed by atoms with Crippen LogP contribution in [-0.4, -0.2) is 35.6 Å². The Bertz CT molecular complexity index is 1040. The zero-order valence-electron chi connectivity index (χ0n) is 19.9. The number of nitrogens with one attached hydrogen (secondary N) is 3. The van der Waals surface area contributed by atoms with Crippen LogP contribution in [-0.2, 0) is 6.54 Å². The maximum Gasteiger partial charge on any atom is 0.253 e. The van der Waals surface area contributed by atoms with Crippen LogP contribution in [0.2, 0.25) is 0 Å². The first-order chi connectivity index (χ1) is 15.1. The van der Waals surface area contributed by atoms with Crippen molar-refractivity contribution in [2.75, 3.05) is 11.4 Å². The van der Waals surface area contributed by atoms with Gasteiger partial charge in [-0.3, -0.25) is 9.59 Å². The van der Waals surface area contributed by atoms with Crippen molar-refractivity contribution in [3.05, 3.63) is 62.3 Å². The molecule has 0 spiro atoms. The van der Waals surface area contributed by atoms with Gasteiger partial charge in [-0.25, -0.2) is 4.39 Å². The lowest BCUT2D eigenvalue weighted by atomic mass is 9.92. The fourth-order valence-corrected chi connectivity index (χ4v) is 4.98. The lowest BCUT2D eigenvalue weighted by Gasteiger charge is -2.41. The van der Waals surface area contributed by atoms with E-state index >= 15 is 0 Å². The number of pyridine rings is 1. The van der Waals surface area contributed by atoms with Gasteiger partial charge in [0.1, 0.15) is 5.82 Å². The molecule has 174 valence electrons. The predicted molar refractivity (Wildman–Crippen MR) is 127 cm³/mol. The molecule has 0 aliphatic carbocycles. The van der Waals surface area contributed by atoms with Crippen molar-refractivity contribution >= 4 is 11.6 Å². The smallest absolute Gasteiger partial charge is 0.253 e. The van der Waals surface area contributed by atoms with Crippen LogP contribution in [0.5, 0.6) is 0 Å². The number of hydrogen-bond acceptors (Lipinski definition) is 4. The molecule has 1 aromatic heterocycles. The Balaban J connectivity index is 1.87. The monoisotopic (exact) mass is 442 g/mol. The van der Waals surface area contributed by atoms with Crippen LogP contribution in [0.25, 0.3) is 0 Å². The van der Waals surface area contributed by atoms with E-state index in [4.69, 9.17) is 0 Å². The summed E-state index contributed by atoms with van der Waals surface area (Å²) >= 11 is 0. The molecule has 2 aromatic rings. The molecule has 3 rings (SSSR count). The fourth-order valence-electron chi connectivity index (χ4n) is 4.98. The fraction of sp³-hybridized carbons (Fsp3) is 0.520. The summed E-state index contributed by atoms with van der Waals surface area (Å²) in [6.07, 6.45) is 1.93. The van der Waals surface area contributed by atoms with E-state index in [0.29, 0.717) is 23.2 Å². The molecule has 0 saturated carbocycles. The van der Waals surface area contributed by atoms with Crippen LogP contribution in [0.15, 0.2) is 23.0 Å². The van der Waals surface area contributed by atoms with Crippen LogP contribution < -0.4 is 21.1 Å². The summed E-state index contributed by atoms with van der Waals surface area (Å²) in [5, 5.41) is 6.36. The van der Waals surface area contributed by atoms with Gasteiger partial charge in [0, 0.05) is 53.7 Å². The average molecular weight is 443 g/mol. The number of amides is 1. The summed E-state index contributed by atoms with van der Waals surface area (Å²) in [6, 6.07) is 5.71. The van der Waals surface area contributed by atoms with Crippen LogP contribution in [0, 0.1) is 26.6 Å². The van der Waals surface area contributed by atoms with Crippen molar-refractivity contribution in [2.24, 2.45) is 0 Å². The molecule has 0 radical (unpaired) electrons. The molecular weight excluding hydrogens is 407 g/mol. The highest BCUT2D eigenvalue weighted by molar-refractivity contribution is 5.97. The van der Waals surface area contributed by atoms with Crippen LogP contribution in [0.3, 0.4) is 0 Å². The molecule has 0 unspecified atom stereocenters. The zero-order chi connectivity index (χ0) is 23.6. The van der Waals surface area contributed by atoms with Crippen LogP contribution in [0.1, 0.15) is 66.4 Å². The number of nitrogens with zero attached hydrogens (tertiary/aromatic N) is 1. The van der Waals surface area contributed by atoms with E-state index in [1.54, 1.807) is 0 Å². The standard InChI is InChI=1S/C25H35FN4O2/c1-7-30(20-9-16(4)28-17(5)10-20)23-12-19(26)11-21(18(23)6)24(31)27-13-22-14(2)8-15(3)29-25(22)32/h8,11-12,16-17,20,28H,7,9-10,13H2,1-6H3,(H,27,31)(H,29,32)/t16-,17+,20-. The molecule has 1 aliphatic heterocycles. The average Bonchev–Trinajstić information content (AvgIpc) is 2.69. The number of H-pyrrole nitrogens is 1. The van der Waals surface area contributed by atoms with E-state index in [1.165, 1.54) is 12.1 Å². The maximum atomic E-state index is 14.6. The highest BCUT2D eigenvalue weighted by Gasteiger charge is 2.29. The number of piperidine rings is 1. The summed E-state index contributed by atoms with van der Waals surface area (Å²) < 4.78 is 14.6. The molecule has 0 bridgehead atoms. The van der Waals surface area contributed by atoms with Crippen molar-refractivity contribution < 1.29 is 9.18 Å². The van der Waals surface area contributed by atoms with Gasteiger partial charge in [0.05, 0.1) is 0 Å². The largest absolute Gasteiger partial charge is 0.368 e. The summed E-state index contributed by atoms with van der Waals surface area (Å²) in [7, 11) is 0. The first kappa shape index (κ1) is 24.0. The number of halogens is 1. The molecule has 1 aromatic carbocycles. The molecule has 3 atom stereocenters. The van der Waals surface area contributed by atoms with Gasteiger partial charge in [-0.05, 0) is 83.7 Å². The number of anilines is 1. The van der Waals surface area contributed by atoms with Gasteiger partial charge >= 0.3 is 0 Å². The zero-order valence-corrected chi connectivity index (χ0v) is 19.9. The molecule has 1 aliphatic rings. The Morgan fingerprint density at radius 2 is 1.81 bits per heavy atom. The molecule has 32 heavy (non-hydrogen) atoms. The lowest BCUT2D eigenvalue weighted by Crippen LogP contribution is -2.51. The van der Waals surface area contributed by atoms with Gasteiger partial charge in [0.2, 0.25) is 0 Å². The molecule has 6 nitrogen and oxygen atoms in total. The number of aryl methyl sites for hydroxylation is 2. The van der Waals surface area contributed by atoms with Crippen molar-refractivity contribution in [2.45, 2.75) is 79.1 Å². The van der Waals surface area contributed by atoms with Gasteiger partial charge < -0.3 is 20.5 Å². The Hall–Kier alpha value is -2.67. The topological polar surface area (TPSA) is 77.2 Å². The molecule has 1 fully saturated rings. The van der Waals surface area contributed by atoms with Gasteiger partial charge in [-0.1, -0.05) is 0 Å². The SMILES string of the molecule is CCN(c1cc(F)cc(C(=O)NCc2c(C)cc(C)[nH]c2=O)c1C)[C@@H]1C[C@@H](C)N[C@@H](C)C1. The normalized spacial score (nSPS) is 20.8. The number of aromatic amines is 1. The van der Waals surface area contributed by atoms with E-state index in [2.05, 4.69) is 41.3 Å². The number of carbonyl (C=O) groups is 1. The lowest BCUT2D eigenvalue weighted by molar-refractivity contribution is 0.0949. The third-order valence-electron chi connectivity index (χ3n) is 6.42. The summed E-state index contributed by atoms with van der Waals surface area (Å²) in [5.41, 5.74) is 3.68. The number of aromatic nitrogens is 1. The van der Waals surface area contributed by atoms with Crippen molar-refractivity contribution in [1.29, 1.82) is 0 Å². The van der Waals surface area contributed by atoms with Crippen molar-refractivity contribution in [3.63, 3.8) is 0 Å². The Kier molecular flexibility index (Phi) is 7.39. The third-order valence-corrected chi connectivity index (χ3v) is 6.42. The van der Waals surface area contributed by atoms with E-state index in [-0.39, 0.29) is 24.1 Å². The van der Waals surface area contributed by atoms with Crippen LogP contribution in [0.4, 0.5) is 10.1 Å². The highest BCUT2D eigenvalue weighted by atomic mass is 19.1. The van der Waals surface area contributed by atoms with Crippen molar-refractivity contribution in [3.8, 4) is 0 Å². The van der Waals surface area contributed by atoms with E-state index in [1.807, 2.05) is 26.8 Å². The Morgan fingerprint density at radius 3 is 2.41 bits per heavy atom. The quantitative estimate of drug-likeness (QED) is 0.637. The van der Waals surface area contributed by atoms with E-state index < -0.39 is 5.82 Å². The number of carbonyl (C=O) groups excluding carboxylic acids is 1. The minimum Gasteiger partial charge on any atom is -0.368 e. The molecular formula is C25H35FN4O2. The summed E-state index contributed by atoms with van der Waals surface area (Å²) in [6.45, 7) is 12.7. The number of benzene rings is 1. The van der Waals surface area contributed by atoms with Gasteiger partial charge in [-0.15, -0.1) is 0 Å². The van der Waals surface area contributed by atoms with E-state index in [9.17, 15) is 14.0 Å². The first-order valence-electron chi connectivity index (χ1n) is 11.4. The molecule has 1 saturated heterocycles. The number of rotatable bonds is 6. The number of hydrogen-bond donors (Lipinski definition) is 3. The summed E-state index contributed by atoms with van der Waals surface area (Å²) in [4.78, 5) is 30.2. The second-order valence-electron chi connectivity index (χ2n) is 9.10. The van der Waals surface area contributed by atoms with Gasteiger partial charge in [0.25, 0.3) is 11.5 Å². The van der Waals surface area contributed by atoms with Crippen molar-refractivity contribution in [1.82, 2.24) is 15.6 Å². The van der Waals surface area contributed by atoms with Gasteiger partial charge in [-0.2, -0.15) is 0 Å². The van der Waals surface area contributed by atoms with Crippen LogP contribution >= 0.6 is 0 Å². The molecule has 2 heterocycles. The predicted octanol–water partition coefficient (Wildman–Crippen LogP) is 3.72. The molecule has 1 amide bonds. The van der Waals surface area contributed by atoms with E-state index in [0.717, 1.165) is 41.9 Å². The second kappa shape index (κ2) is 9.86. The van der Waals surface area contributed by atoms with Gasteiger partial charge in [0.15, 0.2) is 0 Å². The third kappa shape index (κ3) is 5.21. The minimum absolute atomic E-state index is 0.0897. The molecule has 3 N–H and O–H groups in total. The Labute approximate surface area is 189 Å². The first-order valence-corrected chi connectivity index (χ1v) is 11.4. The highest BCUT2D eigenvalue weighted by Crippen LogP contribution is 2.30. The minimum atomic E-state index is -0.436. The summed E-state index contributed by atoms with van der Waals surface area (Å²) in [5.74, 6) is -0.820. The Morgan fingerprint density at radius 1 is 1.16 bits per heavy atom. The maximum absolute atomic E-state index is 14.6. The molecule has 7 heteroatoms. The second-order valence-corrected chi connectivity index (χ2v) is 9.10.